The predicted octanol–water partition coefficient (Wildman–Crippen LogP) is 3.61. The number of carbonyl (C=O) groups is 1. The standard InChI is InChI=1S/C19H20ClNO2/c20-16-8-6-15(7-9-16)19(10-11-19)13-21-18(23)12-17(22)14-4-2-1-3-5-14/h1-9,17,22H,10-13H2,(H,21,23). The van der Waals surface area contributed by atoms with E-state index < -0.39 is 6.10 Å². The molecule has 1 fully saturated rings. The quantitative estimate of drug-likeness (QED) is 0.850. The van der Waals surface area contributed by atoms with Crippen LogP contribution in [0.2, 0.25) is 5.02 Å². The van der Waals surface area contributed by atoms with Crippen molar-refractivity contribution in [3.05, 3.63) is 70.7 Å². The van der Waals surface area contributed by atoms with Crippen molar-refractivity contribution in [2.75, 3.05) is 6.54 Å². The van der Waals surface area contributed by atoms with E-state index in [0.29, 0.717) is 6.54 Å². The topological polar surface area (TPSA) is 49.3 Å². The van der Waals surface area contributed by atoms with E-state index in [4.69, 9.17) is 11.6 Å². The number of amides is 1. The molecule has 0 aliphatic heterocycles. The van der Waals surface area contributed by atoms with Crippen molar-refractivity contribution >= 4 is 17.5 Å². The first kappa shape index (κ1) is 16.0. The van der Waals surface area contributed by atoms with Crippen LogP contribution < -0.4 is 5.32 Å². The summed E-state index contributed by atoms with van der Waals surface area (Å²) in [5.74, 6) is -0.124. The minimum Gasteiger partial charge on any atom is -0.388 e. The van der Waals surface area contributed by atoms with Crippen molar-refractivity contribution in [3.8, 4) is 0 Å². The molecular weight excluding hydrogens is 310 g/mol. The van der Waals surface area contributed by atoms with E-state index >= 15 is 0 Å². The lowest BCUT2D eigenvalue weighted by molar-refractivity contribution is -0.123. The summed E-state index contributed by atoms with van der Waals surface area (Å²) >= 11 is 5.93. The molecule has 1 aliphatic carbocycles. The zero-order valence-electron chi connectivity index (χ0n) is 12.8. The SMILES string of the molecule is O=C(CC(O)c1ccccc1)NCC1(c2ccc(Cl)cc2)CC1. The Hall–Kier alpha value is -1.84. The second-order valence-electron chi connectivity index (χ2n) is 6.19. The molecule has 2 N–H and O–H groups in total. The average molecular weight is 330 g/mol. The van der Waals surface area contributed by atoms with E-state index in [1.807, 2.05) is 54.6 Å². The van der Waals surface area contributed by atoms with Gasteiger partial charge in [0.05, 0.1) is 12.5 Å². The Morgan fingerprint density at radius 2 is 1.78 bits per heavy atom. The first-order chi connectivity index (χ1) is 11.1. The Balaban J connectivity index is 1.54. The first-order valence-corrected chi connectivity index (χ1v) is 8.23. The molecule has 1 atom stereocenters. The molecule has 1 aliphatic rings. The van der Waals surface area contributed by atoms with E-state index in [9.17, 15) is 9.90 Å². The van der Waals surface area contributed by atoms with Crippen LogP contribution in [0, 0.1) is 0 Å². The van der Waals surface area contributed by atoms with Gasteiger partial charge in [0.1, 0.15) is 0 Å². The monoisotopic (exact) mass is 329 g/mol. The molecule has 0 bridgehead atoms. The zero-order chi connectivity index (χ0) is 16.3. The third kappa shape index (κ3) is 3.92. The number of halogens is 1. The Kier molecular flexibility index (Phi) is 4.69. The number of aliphatic hydroxyl groups excluding tert-OH is 1. The van der Waals surface area contributed by atoms with Gasteiger partial charge in [0.15, 0.2) is 0 Å². The molecule has 1 unspecified atom stereocenters. The highest BCUT2D eigenvalue weighted by Gasteiger charge is 2.44. The molecule has 120 valence electrons. The molecule has 23 heavy (non-hydrogen) atoms. The van der Waals surface area contributed by atoms with Gasteiger partial charge in [-0.15, -0.1) is 0 Å². The van der Waals surface area contributed by atoms with Gasteiger partial charge in [0, 0.05) is 17.0 Å². The van der Waals surface area contributed by atoms with Gasteiger partial charge < -0.3 is 10.4 Å². The van der Waals surface area contributed by atoms with Gasteiger partial charge in [-0.1, -0.05) is 54.1 Å². The average Bonchev–Trinajstić information content (AvgIpc) is 3.35. The smallest absolute Gasteiger partial charge is 0.222 e. The second kappa shape index (κ2) is 6.73. The lowest BCUT2D eigenvalue weighted by Crippen LogP contribution is -2.33. The van der Waals surface area contributed by atoms with E-state index in [1.165, 1.54) is 5.56 Å². The van der Waals surface area contributed by atoms with Crippen LogP contribution in [0.5, 0.6) is 0 Å². The minimum absolute atomic E-state index is 0.0396. The lowest BCUT2D eigenvalue weighted by Gasteiger charge is -2.18. The molecule has 1 saturated carbocycles. The van der Waals surface area contributed by atoms with E-state index in [-0.39, 0.29) is 17.7 Å². The third-order valence-corrected chi connectivity index (χ3v) is 4.75. The Labute approximate surface area is 141 Å². The summed E-state index contributed by atoms with van der Waals surface area (Å²) in [6.07, 6.45) is 1.45. The van der Waals surface area contributed by atoms with Crippen molar-refractivity contribution in [2.24, 2.45) is 0 Å². The van der Waals surface area contributed by atoms with Crippen LogP contribution in [0.3, 0.4) is 0 Å². The molecule has 3 nitrogen and oxygen atoms in total. The summed E-state index contributed by atoms with van der Waals surface area (Å²) in [4.78, 5) is 12.1. The van der Waals surface area contributed by atoms with Crippen molar-refractivity contribution in [2.45, 2.75) is 30.8 Å². The molecule has 0 heterocycles. The zero-order valence-corrected chi connectivity index (χ0v) is 13.6. The van der Waals surface area contributed by atoms with Crippen molar-refractivity contribution in [1.82, 2.24) is 5.32 Å². The highest BCUT2D eigenvalue weighted by molar-refractivity contribution is 6.30. The molecule has 0 aromatic heterocycles. The highest BCUT2D eigenvalue weighted by atomic mass is 35.5. The van der Waals surface area contributed by atoms with E-state index in [0.717, 1.165) is 23.4 Å². The number of aliphatic hydroxyl groups is 1. The van der Waals surface area contributed by atoms with Crippen LogP contribution in [0.25, 0.3) is 0 Å². The molecule has 0 radical (unpaired) electrons. The Bertz CT molecular complexity index is 666. The van der Waals surface area contributed by atoms with E-state index in [1.54, 1.807) is 0 Å². The number of carbonyl (C=O) groups excluding carboxylic acids is 1. The van der Waals surface area contributed by atoms with E-state index in [2.05, 4.69) is 5.32 Å². The van der Waals surface area contributed by atoms with Gasteiger partial charge in [0.25, 0.3) is 0 Å². The molecular formula is C19H20ClNO2. The number of hydrogen-bond acceptors (Lipinski definition) is 2. The fourth-order valence-electron chi connectivity index (χ4n) is 2.83. The second-order valence-corrected chi connectivity index (χ2v) is 6.63. The van der Waals surface area contributed by atoms with Crippen LogP contribution in [-0.2, 0) is 10.2 Å². The maximum atomic E-state index is 12.1. The molecule has 1 amide bonds. The number of rotatable bonds is 6. The number of benzene rings is 2. The summed E-state index contributed by atoms with van der Waals surface area (Å²) < 4.78 is 0. The van der Waals surface area contributed by atoms with Gasteiger partial charge in [-0.25, -0.2) is 0 Å². The van der Waals surface area contributed by atoms with Crippen molar-refractivity contribution in [1.29, 1.82) is 0 Å². The molecule has 2 aromatic rings. The van der Waals surface area contributed by atoms with Crippen molar-refractivity contribution in [3.63, 3.8) is 0 Å². The highest BCUT2D eigenvalue weighted by Crippen LogP contribution is 2.47. The van der Waals surface area contributed by atoms with Crippen LogP contribution in [0.1, 0.15) is 36.5 Å². The largest absolute Gasteiger partial charge is 0.388 e. The van der Waals surface area contributed by atoms with Gasteiger partial charge >= 0.3 is 0 Å². The van der Waals surface area contributed by atoms with Crippen LogP contribution in [0.15, 0.2) is 54.6 Å². The maximum absolute atomic E-state index is 12.1. The summed E-state index contributed by atoms with van der Waals surface area (Å²) in [6.45, 7) is 0.606. The number of nitrogens with one attached hydrogen (secondary N) is 1. The number of hydrogen-bond donors (Lipinski definition) is 2. The molecule has 0 saturated heterocycles. The van der Waals surface area contributed by atoms with Crippen LogP contribution in [-0.4, -0.2) is 17.6 Å². The Morgan fingerprint density at radius 1 is 1.13 bits per heavy atom. The summed E-state index contributed by atoms with van der Waals surface area (Å²) in [5, 5.41) is 13.8. The Morgan fingerprint density at radius 3 is 2.39 bits per heavy atom. The van der Waals surface area contributed by atoms with Gasteiger partial charge in [-0.05, 0) is 36.1 Å². The van der Waals surface area contributed by atoms with Gasteiger partial charge in [-0.3, -0.25) is 4.79 Å². The molecule has 3 rings (SSSR count). The normalized spacial score (nSPS) is 16.6. The lowest BCUT2D eigenvalue weighted by atomic mass is 9.96. The van der Waals surface area contributed by atoms with Gasteiger partial charge in [0.2, 0.25) is 5.91 Å². The fraction of sp³-hybridized carbons (Fsp3) is 0.316. The molecule has 4 heteroatoms. The first-order valence-electron chi connectivity index (χ1n) is 7.85. The fourth-order valence-corrected chi connectivity index (χ4v) is 2.96. The summed E-state index contributed by atoms with van der Waals surface area (Å²) in [6, 6.07) is 17.1. The minimum atomic E-state index is -0.762. The molecule has 2 aromatic carbocycles. The summed E-state index contributed by atoms with van der Waals surface area (Å²) in [5.41, 5.74) is 2.02. The maximum Gasteiger partial charge on any atom is 0.222 e. The predicted molar refractivity (Wildman–Crippen MR) is 91.4 cm³/mol. The molecule has 0 spiro atoms. The van der Waals surface area contributed by atoms with Gasteiger partial charge in [-0.2, -0.15) is 0 Å². The summed E-state index contributed by atoms with van der Waals surface area (Å²) in [7, 11) is 0. The van der Waals surface area contributed by atoms with Crippen LogP contribution >= 0.6 is 11.6 Å². The third-order valence-electron chi connectivity index (χ3n) is 4.50. The van der Waals surface area contributed by atoms with Crippen molar-refractivity contribution < 1.29 is 9.90 Å². The van der Waals surface area contributed by atoms with Crippen LogP contribution in [0.4, 0.5) is 0 Å².